The molecule has 0 bridgehead atoms. The summed E-state index contributed by atoms with van der Waals surface area (Å²) in [5, 5.41) is 0. The standard InChI is InChI=1S/C26H35FN2O2/c1-19(2)26(30)29(12-13-31-4)17-22-16-28(15-21-9-7-10-23(27)14-21)18-25(22)24-11-6-5-8-20(24)3/h5-11,14,19,22,25H,12-13,15-18H2,1-4H3. The Morgan fingerprint density at radius 3 is 2.65 bits per heavy atom. The van der Waals surface area contributed by atoms with Crippen LogP contribution in [0.2, 0.25) is 0 Å². The molecule has 1 amide bonds. The Hall–Kier alpha value is -2.24. The van der Waals surface area contributed by atoms with Crippen LogP contribution in [0.4, 0.5) is 4.39 Å². The van der Waals surface area contributed by atoms with Crippen molar-refractivity contribution < 1.29 is 13.9 Å². The van der Waals surface area contributed by atoms with Gasteiger partial charge in [0.25, 0.3) is 0 Å². The van der Waals surface area contributed by atoms with Crippen LogP contribution in [0.5, 0.6) is 0 Å². The van der Waals surface area contributed by atoms with Gasteiger partial charge in [-0.2, -0.15) is 0 Å². The van der Waals surface area contributed by atoms with Crippen LogP contribution in [-0.4, -0.2) is 55.6 Å². The Bertz CT molecular complexity index is 870. The second-order valence-electron chi connectivity index (χ2n) is 8.98. The first-order chi connectivity index (χ1) is 14.9. The lowest BCUT2D eigenvalue weighted by atomic mass is 9.86. The molecule has 1 saturated heterocycles. The van der Waals surface area contributed by atoms with Crippen LogP contribution in [0, 0.1) is 24.6 Å². The third kappa shape index (κ3) is 6.14. The fourth-order valence-corrected chi connectivity index (χ4v) is 4.66. The molecule has 0 radical (unpaired) electrons. The molecule has 0 spiro atoms. The number of nitrogens with zero attached hydrogens (tertiary/aromatic N) is 2. The second-order valence-corrected chi connectivity index (χ2v) is 8.98. The van der Waals surface area contributed by atoms with Gasteiger partial charge in [0.05, 0.1) is 6.61 Å². The Labute approximate surface area is 186 Å². The van der Waals surface area contributed by atoms with E-state index in [2.05, 4.69) is 36.1 Å². The van der Waals surface area contributed by atoms with E-state index in [0.717, 1.165) is 18.7 Å². The van der Waals surface area contributed by atoms with Crippen molar-refractivity contribution in [2.24, 2.45) is 11.8 Å². The SMILES string of the molecule is COCCN(CC1CN(Cc2cccc(F)c2)CC1c1ccccc1C)C(=O)C(C)C. The van der Waals surface area contributed by atoms with Crippen LogP contribution in [-0.2, 0) is 16.1 Å². The van der Waals surface area contributed by atoms with E-state index in [1.807, 2.05) is 24.8 Å². The molecule has 3 rings (SSSR count). The Balaban J connectivity index is 1.83. The molecular weight excluding hydrogens is 391 g/mol. The van der Waals surface area contributed by atoms with E-state index < -0.39 is 0 Å². The van der Waals surface area contributed by atoms with E-state index >= 15 is 0 Å². The third-order valence-corrected chi connectivity index (χ3v) is 6.23. The molecule has 1 aliphatic rings. The van der Waals surface area contributed by atoms with E-state index in [1.165, 1.54) is 17.2 Å². The molecule has 1 aliphatic heterocycles. The van der Waals surface area contributed by atoms with Crippen molar-refractivity contribution in [1.29, 1.82) is 0 Å². The fourth-order valence-electron chi connectivity index (χ4n) is 4.66. The van der Waals surface area contributed by atoms with Gasteiger partial charge in [0, 0.05) is 51.7 Å². The van der Waals surface area contributed by atoms with Crippen molar-refractivity contribution in [3.63, 3.8) is 0 Å². The number of hydrogen-bond donors (Lipinski definition) is 0. The number of carbonyl (C=O) groups is 1. The van der Waals surface area contributed by atoms with Crippen molar-refractivity contribution >= 4 is 5.91 Å². The number of likely N-dealkylation sites (tertiary alicyclic amines) is 1. The summed E-state index contributed by atoms with van der Waals surface area (Å²) < 4.78 is 19.0. The smallest absolute Gasteiger partial charge is 0.225 e. The summed E-state index contributed by atoms with van der Waals surface area (Å²) in [5.74, 6) is 0.577. The van der Waals surface area contributed by atoms with Gasteiger partial charge in [0.1, 0.15) is 5.82 Å². The zero-order valence-corrected chi connectivity index (χ0v) is 19.2. The van der Waals surface area contributed by atoms with Crippen molar-refractivity contribution in [2.45, 2.75) is 33.2 Å². The molecule has 4 nitrogen and oxygen atoms in total. The molecule has 5 heteroatoms. The first kappa shape index (κ1) is 23.4. The summed E-state index contributed by atoms with van der Waals surface area (Å²) in [6, 6.07) is 15.4. The first-order valence-corrected chi connectivity index (χ1v) is 11.2. The summed E-state index contributed by atoms with van der Waals surface area (Å²) in [4.78, 5) is 17.2. The highest BCUT2D eigenvalue weighted by molar-refractivity contribution is 5.78. The molecule has 2 aromatic carbocycles. The number of benzene rings is 2. The molecule has 1 heterocycles. The second kappa shape index (κ2) is 10.9. The van der Waals surface area contributed by atoms with Gasteiger partial charge < -0.3 is 9.64 Å². The van der Waals surface area contributed by atoms with Crippen LogP contribution in [0.25, 0.3) is 0 Å². The molecule has 31 heavy (non-hydrogen) atoms. The zero-order chi connectivity index (χ0) is 22.4. The van der Waals surface area contributed by atoms with E-state index in [0.29, 0.717) is 38.1 Å². The van der Waals surface area contributed by atoms with Gasteiger partial charge in [-0.1, -0.05) is 50.2 Å². The van der Waals surface area contributed by atoms with Crippen molar-refractivity contribution in [2.75, 3.05) is 39.9 Å². The number of carbonyl (C=O) groups excluding carboxylic acids is 1. The number of halogens is 1. The van der Waals surface area contributed by atoms with Crippen LogP contribution in [0.1, 0.15) is 36.5 Å². The van der Waals surface area contributed by atoms with Gasteiger partial charge >= 0.3 is 0 Å². The summed E-state index contributed by atoms with van der Waals surface area (Å²) in [6.45, 7) is 10.4. The third-order valence-electron chi connectivity index (χ3n) is 6.23. The molecular formula is C26H35FN2O2. The number of ether oxygens (including phenoxy) is 1. The number of hydrogen-bond acceptors (Lipinski definition) is 3. The molecule has 2 aromatic rings. The van der Waals surface area contributed by atoms with Gasteiger partial charge in [-0.05, 0) is 41.7 Å². The maximum absolute atomic E-state index is 13.7. The normalized spacial score (nSPS) is 19.2. The largest absolute Gasteiger partial charge is 0.383 e. The van der Waals surface area contributed by atoms with Gasteiger partial charge in [-0.25, -0.2) is 4.39 Å². The molecule has 2 atom stereocenters. The number of amides is 1. The number of rotatable bonds is 9. The van der Waals surface area contributed by atoms with E-state index in [4.69, 9.17) is 4.74 Å². The van der Waals surface area contributed by atoms with E-state index in [1.54, 1.807) is 19.2 Å². The topological polar surface area (TPSA) is 32.8 Å². The Morgan fingerprint density at radius 2 is 1.97 bits per heavy atom. The zero-order valence-electron chi connectivity index (χ0n) is 19.2. The number of aryl methyl sites for hydroxylation is 1. The summed E-state index contributed by atoms with van der Waals surface area (Å²) in [6.07, 6.45) is 0. The molecule has 1 fully saturated rings. The van der Waals surface area contributed by atoms with Crippen molar-refractivity contribution in [1.82, 2.24) is 9.80 Å². The maximum Gasteiger partial charge on any atom is 0.225 e. The minimum Gasteiger partial charge on any atom is -0.383 e. The molecule has 168 valence electrons. The summed E-state index contributed by atoms with van der Waals surface area (Å²) >= 11 is 0. The minimum absolute atomic E-state index is 0.0430. The van der Waals surface area contributed by atoms with Gasteiger partial charge in [-0.15, -0.1) is 0 Å². The predicted octanol–water partition coefficient (Wildman–Crippen LogP) is 4.48. The fraction of sp³-hybridized carbons (Fsp3) is 0.500. The Kier molecular flexibility index (Phi) is 8.22. The number of methoxy groups -OCH3 is 1. The van der Waals surface area contributed by atoms with Crippen LogP contribution >= 0.6 is 0 Å². The molecule has 0 saturated carbocycles. The van der Waals surface area contributed by atoms with Crippen LogP contribution < -0.4 is 0 Å². The average Bonchev–Trinajstić information content (AvgIpc) is 3.12. The van der Waals surface area contributed by atoms with Gasteiger partial charge in [0.15, 0.2) is 0 Å². The van der Waals surface area contributed by atoms with Crippen molar-refractivity contribution in [3.8, 4) is 0 Å². The maximum atomic E-state index is 13.7. The highest BCUT2D eigenvalue weighted by Crippen LogP contribution is 2.36. The van der Waals surface area contributed by atoms with Gasteiger partial charge in [0.2, 0.25) is 5.91 Å². The van der Waals surface area contributed by atoms with E-state index in [9.17, 15) is 9.18 Å². The quantitative estimate of drug-likeness (QED) is 0.593. The summed E-state index contributed by atoms with van der Waals surface area (Å²) in [5.41, 5.74) is 3.61. The van der Waals surface area contributed by atoms with Crippen LogP contribution in [0.3, 0.4) is 0 Å². The highest BCUT2D eigenvalue weighted by Gasteiger charge is 2.36. The molecule has 0 aliphatic carbocycles. The van der Waals surface area contributed by atoms with Crippen LogP contribution in [0.15, 0.2) is 48.5 Å². The minimum atomic E-state index is -0.197. The molecule has 0 N–H and O–H groups in total. The van der Waals surface area contributed by atoms with E-state index in [-0.39, 0.29) is 17.6 Å². The predicted molar refractivity (Wildman–Crippen MR) is 122 cm³/mol. The molecule has 2 unspecified atom stereocenters. The summed E-state index contributed by atoms with van der Waals surface area (Å²) in [7, 11) is 1.67. The molecule has 0 aromatic heterocycles. The lowest BCUT2D eigenvalue weighted by molar-refractivity contribution is -0.135. The Morgan fingerprint density at radius 1 is 1.19 bits per heavy atom. The monoisotopic (exact) mass is 426 g/mol. The van der Waals surface area contributed by atoms with Crippen molar-refractivity contribution in [3.05, 3.63) is 71.0 Å². The first-order valence-electron chi connectivity index (χ1n) is 11.2. The highest BCUT2D eigenvalue weighted by atomic mass is 19.1. The average molecular weight is 427 g/mol. The van der Waals surface area contributed by atoms with Gasteiger partial charge in [-0.3, -0.25) is 9.69 Å². The lowest BCUT2D eigenvalue weighted by Gasteiger charge is -2.30. The lowest BCUT2D eigenvalue weighted by Crippen LogP contribution is -2.41.